The molecule has 2 atom stereocenters. The number of hydrogen-bond acceptors (Lipinski definition) is 4. The summed E-state index contributed by atoms with van der Waals surface area (Å²) in [5.41, 5.74) is 4.62. The van der Waals surface area contributed by atoms with Gasteiger partial charge < -0.3 is 20.1 Å². The molecule has 180 valence electrons. The second-order valence-corrected chi connectivity index (χ2v) is 9.54. The minimum Gasteiger partial charge on any atom is -0.481 e. The number of carboxylic acid groups (broad SMARTS) is 1. The highest BCUT2D eigenvalue weighted by Crippen LogP contribution is 2.44. The molecular formula is C27H32N2O5. The number of aliphatic carboxylic acids is 1. The number of hydrogen-bond donors (Lipinski definition) is 2. The van der Waals surface area contributed by atoms with Crippen molar-refractivity contribution in [2.75, 3.05) is 19.7 Å². The minimum absolute atomic E-state index is 0.0180. The average molecular weight is 465 g/mol. The Kier molecular flexibility index (Phi) is 7.20. The predicted molar refractivity (Wildman–Crippen MR) is 128 cm³/mol. The molecule has 0 spiro atoms. The van der Waals surface area contributed by atoms with Crippen LogP contribution >= 0.6 is 0 Å². The second-order valence-electron chi connectivity index (χ2n) is 9.54. The number of ether oxygens (including phenoxy) is 1. The van der Waals surface area contributed by atoms with Crippen molar-refractivity contribution < 1.29 is 24.2 Å². The maximum atomic E-state index is 12.8. The molecule has 2 aromatic rings. The van der Waals surface area contributed by atoms with Crippen molar-refractivity contribution in [1.29, 1.82) is 0 Å². The summed E-state index contributed by atoms with van der Waals surface area (Å²) in [7, 11) is 0. The van der Waals surface area contributed by atoms with Crippen molar-refractivity contribution in [1.82, 2.24) is 10.2 Å². The van der Waals surface area contributed by atoms with Gasteiger partial charge in [0.15, 0.2) is 0 Å². The van der Waals surface area contributed by atoms with Crippen molar-refractivity contribution in [2.24, 2.45) is 11.8 Å². The quantitative estimate of drug-likeness (QED) is 0.638. The summed E-state index contributed by atoms with van der Waals surface area (Å²) < 4.78 is 5.64. The Morgan fingerprint density at radius 3 is 2.26 bits per heavy atom. The van der Waals surface area contributed by atoms with Gasteiger partial charge in [-0.3, -0.25) is 9.59 Å². The van der Waals surface area contributed by atoms with Gasteiger partial charge in [-0.2, -0.15) is 0 Å². The Bertz CT molecular complexity index is 1020. The molecule has 7 nitrogen and oxygen atoms in total. The molecule has 2 amide bonds. The maximum Gasteiger partial charge on any atom is 0.407 e. The molecule has 0 unspecified atom stereocenters. The van der Waals surface area contributed by atoms with Crippen LogP contribution in [0, 0.1) is 11.8 Å². The number of amides is 2. The van der Waals surface area contributed by atoms with E-state index < -0.39 is 24.0 Å². The summed E-state index contributed by atoms with van der Waals surface area (Å²) in [5.74, 6) is -1.54. The lowest BCUT2D eigenvalue weighted by Crippen LogP contribution is -2.47. The fourth-order valence-corrected chi connectivity index (χ4v) is 4.97. The third-order valence-electron chi connectivity index (χ3n) is 6.97. The van der Waals surface area contributed by atoms with E-state index in [-0.39, 0.29) is 37.3 Å². The van der Waals surface area contributed by atoms with Crippen molar-refractivity contribution in [2.45, 2.75) is 45.1 Å². The van der Waals surface area contributed by atoms with Gasteiger partial charge in [-0.1, -0.05) is 62.4 Å². The number of piperidine rings is 1. The number of carboxylic acids is 1. The van der Waals surface area contributed by atoms with Crippen LogP contribution in [-0.2, 0) is 14.3 Å². The maximum absolute atomic E-state index is 12.8. The summed E-state index contributed by atoms with van der Waals surface area (Å²) in [5, 5.41) is 12.2. The van der Waals surface area contributed by atoms with E-state index in [0.29, 0.717) is 19.4 Å². The Hall–Kier alpha value is -3.35. The number of nitrogens with one attached hydrogen (secondary N) is 1. The normalized spacial score (nSPS) is 18.2. The van der Waals surface area contributed by atoms with E-state index in [0.717, 1.165) is 11.1 Å². The van der Waals surface area contributed by atoms with E-state index in [1.807, 2.05) is 38.1 Å². The SMILES string of the molecule is CC(C)[C@@H](CC(=O)N1CCC[C@H](C(=O)O)C1)NC(=O)OCC1c2ccccc2-c2ccccc21. The van der Waals surface area contributed by atoms with Crippen LogP contribution in [0.2, 0.25) is 0 Å². The Morgan fingerprint density at radius 2 is 1.68 bits per heavy atom. The third-order valence-corrected chi connectivity index (χ3v) is 6.97. The number of rotatable bonds is 7. The van der Waals surface area contributed by atoms with E-state index in [4.69, 9.17) is 4.74 Å². The Labute approximate surface area is 200 Å². The van der Waals surface area contributed by atoms with E-state index >= 15 is 0 Å². The first-order chi connectivity index (χ1) is 16.3. The highest BCUT2D eigenvalue weighted by atomic mass is 16.5. The number of fused-ring (bicyclic) bond motifs is 3. The van der Waals surface area contributed by atoms with Gasteiger partial charge in [-0.25, -0.2) is 4.79 Å². The van der Waals surface area contributed by atoms with Gasteiger partial charge in [0.05, 0.1) is 5.92 Å². The van der Waals surface area contributed by atoms with E-state index in [2.05, 4.69) is 29.6 Å². The van der Waals surface area contributed by atoms with E-state index in [1.54, 1.807) is 4.90 Å². The van der Waals surface area contributed by atoms with Crippen LogP contribution in [0.1, 0.15) is 50.2 Å². The van der Waals surface area contributed by atoms with Crippen molar-refractivity contribution in [3.63, 3.8) is 0 Å². The summed E-state index contributed by atoms with van der Waals surface area (Å²) >= 11 is 0. The zero-order valence-corrected chi connectivity index (χ0v) is 19.7. The standard InChI is InChI=1S/C27H32N2O5/c1-17(2)24(14-25(30)29-13-7-8-18(15-29)26(31)32)28-27(33)34-16-23-21-11-5-3-9-19(21)20-10-4-6-12-22(20)23/h3-6,9-12,17-18,23-24H,7-8,13-16H2,1-2H3,(H,28,33)(H,31,32)/t18-,24+/m0/s1. The molecule has 2 N–H and O–H groups in total. The molecule has 1 heterocycles. The van der Waals surface area contributed by atoms with Crippen molar-refractivity contribution >= 4 is 18.0 Å². The fourth-order valence-electron chi connectivity index (χ4n) is 4.97. The molecule has 1 aliphatic heterocycles. The molecule has 0 saturated carbocycles. The van der Waals surface area contributed by atoms with Crippen LogP contribution in [0.15, 0.2) is 48.5 Å². The summed E-state index contributed by atoms with van der Waals surface area (Å²) in [6, 6.07) is 15.9. The monoisotopic (exact) mass is 464 g/mol. The highest BCUT2D eigenvalue weighted by Gasteiger charge is 2.32. The number of carbonyl (C=O) groups is 3. The molecule has 1 aliphatic carbocycles. The molecule has 2 aliphatic rings. The summed E-state index contributed by atoms with van der Waals surface area (Å²) in [4.78, 5) is 38.5. The molecule has 1 fully saturated rings. The Morgan fingerprint density at radius 1 is 1.06 bits per heavy atom. The van der Waals surface area contributed by atoms with E-state index in [1.165, 1.54) is 11.1 Å². The molecular weight excluding hydrogens is 432 g/mol. The van der Waals surface area contributed by atoms with Gasteiger partial charge >= 0.3 is 12.1 Å². The van der Waals surface area contributed by atoms with Gasteiger partial charge in [-0.05, 0) is 41.0 Å². The van der Waals surface area contributed by atoms with Crippen LogP contribution < -0.4 is 5.32 Å². The lowest BCUT2D eigenvalue weighted by atomic mass is 9.96. The van der Waals surface area contributed by atoms with Crippen LogP contribution in [0.4, 0.5) is 4.79 Å². The first-order valence-electron chi connectivity index (χ1n) is 12.0. The molecule has 34 heavy (non-hydrogen) atoms. The number of carbonyl (C=O) groups excluding carboxylic acids is 2. The smallest absolute Gasteiger partial charge is 0.407 e. The van der Waals surface area contributed by atoms with Gasteiger partial charge in [0.1, 0.15) is 6.61 Å². The van der Waals surface area contributed by atoms with E-state index in [9.17, 15) is 19.5 Å². The molecule has 2 aromatic carbocycles. The summed E-state index contributed by atoms with van der Waals surface area (Å²) in [6.07, 6.45) is 0.837. The molecule has 7 heteroatoms. The second kappa shape index (κ2) is 10.3. The number of nitrogens with zero attached hydrogens (tertiary/aromatic N) is 1. The number of benzene rings is 2. The Balaban J connectivity index is 1.36. The zero-order chi connectivity index (χ0) is 24.2. The predicted octanol–water partition coefficient (Wildman–Crippen LogP) is 4.26. The molecule has 4 rings (SSSR count). The molecule has 0 bridgehead atoms. The highest BCUT2D eigenvalue weighted by molar-refractivity contribution is 5.80. The lowest BCUT2D eigenvalue weighted by molar-refractivity contribution is -0.145. The fraction of sp³-hybridized carbons (Fsp3) is 0.444. The van der Waals surface area contributed by atoms with Crippen molar-refractivity contribution in [3.8, 4) is 11.1 Å². The average Bonchev–Trinajstić information content (AvgIpc) is 3.16. The minimum atomic E-state index is -0.866. The zero-order valence-electron chi connectivity index (χ0n) is 19.7. The molecule has 1 saturated heterocycles. The first-order valence-corrected chi connectivity index (χ1v) is 12.0. The number of alkyl carbamates (subject to hydrolysis) is 1. The van der Waals surface area contributed by atoms with Crippen LogP contribution in [-0.4, -0.2) is 53.7 Å². The van der Waals surface area contributed by atoms with Crippen molar-refractivity contribution in [3.05, 3.63) is 59.7 Å². The van der Waals surface area contributed by atoms with Crippen LogP contribution in [0.5, 0.6) is 0 Å². The molecule has 0 radical (unpaired) electrons. The number of likely N-dealkylation sites (tertiary alicyclic amines) is 1. The topological polar surface area (TPSA) is 95.9 Å². The van der Waals surface area contributed by atoms with Gasteiger partial charge in [0.2, 0.25) is 5.91 Å². The lowest BCUT2D eigenvalue weighted by Gasteiger charge is -2.32. The first kappa shape index (κ1) is 23.8. The van der Waals surface area contributed by atoms with Gasteiger partial charge in [-0.15, -0.1) is 0 Å². The van der Waals surface area contributed by atoms with Crippen LogP contribution in [0.3, 0.4) is 0 Å². The van der Waals surface area contributed by atoms with Gasteiger partial charge in [0.25, 0.3) is 0 Å². The van der Waals surface area contributed by atoms with Gasteiger partial charge in [0, 0.05) is 31.5 Å². The molecule has 0 aromatic heterocycles. The van der Waals surface area contributed by atoms with Crippen LogP contribution in [0.25, 0.3) is 11.1 Å². The summed E-state index contributed by atoms with van der Waals surface area (Å²) in [6.45, 7) is 4.88. The largest absolute Gasteiger partial charge is 0.481 e. The third kappa shape index (κ3) is 5.08.